The molecule has 0 aliphatic heterocycles. The lowest BCUT2D eigenvalue weighted by Gasteiger charge is -2.23. The standard InChI is InChI=1S/C13H18/c1-5-7-11-8-6-9-12(10-11)13(2,3)4/h5-7,9-10H,1,8H2,2-4H3/b11-7+. The molecule has 0 saturated carbocycles. The van der Waals surface area contributed by atoms with Crippen molar-refractivity contribution in [3.05, 3.63) is 48.1 Å². The van der Waals surface area contributed by atoms with Gasteiger partial charge in [0.2, 0.25) is 0 Å². The second-order valence-electron chi connectivity index (χ2n) is 4.43. The summed E-state index contributed by atoms with van der Waals surface area (Å²) in [5.74, 6) is 0. The van der Waals surface area contributed by atoms with Crippen molar-refractivity contribution >= 4 is 0 Å². The highest BCUT2D eigenvalue weighted by Crippen LogP contribution is 2.30. The van der Waals surface area contributed by atoms with Crippen LogP contribution in [0.15, 0.2) is 48.1 Å². The van der Waals surface area contributed by atoms with E-state index >= 15 is 0 Å². The Hall–Kier alpha value is -1.04. The first-order valence-electron chi connectivity index (χ1n) is 4.74. The minimum atomic E-state index is 0.247. The minimum Gasteiger partial charge on any atom is -0.0991 e. The van der Waals surface area contributed by atoms with E-state index in [4.69, 9.17) is 0 Å². The average Bonchev–Trinajstić information content (AvgIpc) is 2.04. The highest BCUT2D eigenvalue weighted by molar-refractivity contribution is 5.40. The molecule has 0 bridgehead atoms. The molecule has 1 rings (SSSR count). The van der Waals surface area contributed by atoms with Gasteiger partial charge in [0.25, 0.3) is 0 Å². The zero-order valence-electron chi connectivity index (χ0n) is 8.80. The molecule has 0 amide bonds. The average molecular weight is 174 g/mol. The molecular formula is C13H18. The van der Waals surface area contributed by atoms with Gasteiger partial charge in [0, 0.05) is 0 Å². The van der Waals surface area contributed by atoms with Crippen LogP contribution in [0.2, 0.25) is 0 Å². The van der Waals surface area contributed by atoms with Crippen LogP contribution >= 0.6 is 0 Å². The van der Waals surface area contributed by atoms with Gasteiger partial charge in [-0.1, -0.05) is 57.7 Å². The van der Waals surface area contributed by atoms with Gasteiger partial charge < -0.3 is 0 Å². The van der Waals surface area contributed by atoms with Gasteiger partial charge in [-0.2, -0.15) is 0 Å². The van der Waals surface area contributed by atoms with Gasteiger partial charge in [-0.25, -0.2) is 0 Å². The van der Waals surface area contributed by atoms with Crippen molar-refractivity contribution in [1.82, 2.24) is 0 Å². The smallest absolute Gasteiger partial charge is 0.00941 e. The van der Waals surface area contributed by atoms with E-state index in [2.05, 4.69) is 51.7 Å². The fourth-order valence-electron chi connectivity index (χ4n) is 1.36. The third-order valence-corrected chi connectivity index (χ3v) is 2.19. The summed E-state index contributed by atoms with van der Waals surface area (Å²) in [5.41, 5.74) is 2.99. The van der Waals surface area contributed by atoms with E-state index < -0.39 is 0 Å². The van der Waals surface area contributed by atoms with Crippen molar-refractivity contribution in [3.63, 3.8) is 0 Å². The summed E-state index contributed by atoms with van der Waals surface area (Å²) in [7, 11) is 0. The van der Waals surface area contributed by atoms with Crippen LogP contribution in [0.4, 0.5) is 0 Å². The maximum Gasteiger partial charge on any atom is -0.00941 e. The molecule has 0 nitrogen and oxygen atoms in total. The molecule has 0 heterocycles. The lowest BCUT2D eigenvalue weighted by Crippen LogP contribution is -2.09. The summed E-state index contributed by atoms with van der Waals surface area (Å²) >= 11 is 0. The Labute approximate surface area is 81.4 Å². The first kappa shape index (κ1) is 10.0. The van der Waals surface area contributed by atoms with E-state index in [1.165, 1.54) is 11.1 Å². The van der Waals surface area contributed by atoms with Gasteiger partial charge in [0.1, 0.15) is 0 Å². The monoisotopic (exact) mass is 174 g/mol. The zero-order chi connectivity index (χ0) is 9.90. The number of hydrogen-bond donors (Lipinski definition) is 0. The van der Waals surface area contributed by atoms with Crippen LogP contribution in [-0.2, 0) is 0 Å². The van der Waals surface area contributed by atoms with Crippen LogP contribution in [0.25, 0.3) is 0 Å². The highest BCUT2D eigenvalue weighted by Gasteiger charge is 2.16. The van der Waals surface area contributed by atoms with Gasteiger partial charge in [-0.05, 0) is 23.0 Å². The van der Waals surface area contributed by atoms with Gasteiger partial charge in [0.05, 0.1) is 0 Å². The molecule has 0 aromatic heterocycles. The summed E-state index contributed by atoms with van der Waals surface area (Å²) in [6.45, 7) is 10.4. The Morgan fingerprint density at radius 3 is 2.62 bits per heavy atom. The Bertz CT molecular complexity index is 280. The Morgan fingerprint density at radius 2 is 2.08 bits per heavy atom. The number of rotatable bonds is 1. The Morgan fingerprint density at radius 1 is 1.38 bits per heavy atom. The van der Waals surface area contributed by atoms with Crippen molar-refractivity contribution in [2.75, 3.05) is 0 Å². The van der Waals surface area contributed by atoms with E-state index in [1.54, 1.807) is 0 Å². The molecule has 1 aliphatic rings. The van der Waals surface area contributed by atoms with Gasteiger partial charge in [-0.3, -0.25) is 0 Å². The third-order valence-electron chi connectivity index (χ3n) is 2.19. The molecule has 0 N–H and O–H groups in total. The fraction of sp³-hybridized carbons (Fsp3) is 0.385. The van der Waals surface area contributed by atoms with Gasteiger partial charge in [0.15, 0.2) is 0 Å². The predicted molar refractivity (Wildman–Crippen MR) is 59.6 cm³/mol. The first-order valence-corrected chi connectivity index (χ1v) is 4.74. The van der Waals surface area contributed by atoms with Crippen LogP contribution in [0, 0.1) is 5.41 Å². The Kier molecular flexibility index (Phi) is 2.92. The second-order valence-corrected chi connectivity index (χ2v) is 4.43. The lowest BCUT2D eigenvalue weighted by atomic mass is 9.82. The van der Waals surface area contributed by atoms with Crippen LogP contribution in [0.5, 0.6) is 0 Å². The summed E-state index contributed by atoms with van der Waals surface area (Å²) < 4.78 is 0. The summed E-state index contributed by atoms with van der Waals surface area (Å²) in [5, 5.41) is 0. The second kappa shape index (κ2) is 3.78. The van der Waals surface area contributed by atoms with Crippen molar-refractivity contribution < 1.29 is 0 Å². The van der Waals surface area contributed by atoms with Crippen molar-refractivity contribution in [1.29, 1.82) is 0 Å². The van der Waals surface area contributed by atoms with Crippen molar-refractivity contribution in [3.8, 4) is 0 Å². The van der Waals surface area contributed by atoms with E-state index in [1.807, 2.05) is 6.08 Å². The summed E-state index contributed by atoms with van der Waals surface area (Å²) in [6, 6.07) is 0. The predicted octanol–water partition coefficient (Wildman–Crippen LogP) is 4.03. The lowest BCUT2D eigenvalue weighted by molar-refractivity contribution is 0.515. The van der Waals surface area contributed by atoms with Crippen molar-refractivity contribution in [2.45, 2.75) is 27.2 Å². The molecule has 0 aromatic rings. The third kappa shape index (κ3) is 2.73. The van der Waals surface area contributed by atoms with Gasteiger partial charge in [-0.15, -0.1) is 0 Å². The minimum absolute atomic E-state index is 0.247. The molecular weight excluding hydrogens is 156 g/mol. The topological polar surface area (TPSA) is 0 Å². The zero-order valence-corrected chi connectivity index (χ0v) is 8.80. The molecule has 0 heteroatoms. The summed E-state index contributed by atoms with van der Waals surface area (Å²) in [4.78, 5) is 0. The molecule has 0 unspecified atom stereocenters. The van der Waals surface area contributed by atoms with Crippen LogP contribution < -0.4 is 0 Å². The summed E-state index contributed by atoms with van der Waals surface area (Å²) in [6.07, 6.45) is 11.7. The highest BCUT2D eigenvalue weighted by atomic mass is 14.2. The molecule has 13 heavy (non-hydrogen) atoms. The van der Waals surface area contributed by atoms with E-state index in [9.17, 15) is 0 Å². The van der Waals surface area contributed by atoms with E-state index in [-0.39, 0.29) is 5.41 Å². The van der Waals surface area contributed by atoms with Crippen LogP contribution in [0.1, 0.15) is 27.2 Å². The number of allylic oxidation sites excluding steroid dienone is 7. The van der Waals surface area contributed by atoms with Gasteiger partial charge >= 0.3 is 0 Å². The maximum absolute atomic E-state index is 3.71. The van der Waals surface area contributed by atoms with Crippen LogP contribution in [0.3, 0.4) is 0 Å². The molecule has 0 atom stereocenters. The molecule has 0 spiro atoms. The molecule has 0 aromatic carbocycles. The largest absolute Gasteiger partial charge is 0.0991 e. The normalized spacial score (nSPS) is 20.2. The molecule has 0 radical (unpaired) electrons. The van der Waals surface area contributed by atoms with Crippen LogP contribution in [-0.4, -0.2) is 0 Å². The molecule has 0 saturated heterocycles. The quantitative estimate of drug-likeness (QED) is 0.563. The molecule has 0 fully saturated rings. The maximum atomic E-state index is 3.71. The first-order chi connectivity index (χ1) is 6.04. The van der Waals surface area contributed by atoms with E-state index in [0.717, 1.165) is 6.42 Å². The molecule has 1 aliphatic carbocycles. The SMILES string of the molecule is C=C/C=C1/C=C(C(C)(C)C)C=CC1. The fourth-order valence-corrected chi connectivity index (χ4v) is 1.36. The van der Waals surface area contributed by atoms with E-state index in [0.29, 0.717) is 0 Å². The number of hydrogen-bond acceptors (Lipinski definition) is 0. The molecule has 70 valence electrons. The van der Waals surface area contributed by atoms with Crippen molar-refractivity contribution in [2.24, 2.45) is 5.41 Å². The Balaban J connectivity index is 2.93.